The molecule has 98 valence electrons. The number of benzene rings is 2. The third-order valence-electron chi connectivity index (χ3n) is 3.34. The summed E-state index contributed by atoms with van der Waals surface area (Å²) in [5.41, 5.74) is 1.09. The van der Waals surface area contributed by atoms with Gasteiger partial charge in [0.15, 0.2) is 0 Å². The summed E-state index contributed by atoms with van der Waals surface area (Å²) in [6.07, 6.45) is -0.992. The fourth-order valence-corrected chi connectivity index (χ4v) is 2.43. The van der Waals surface area contributed by atoms with Gasteiger partial charge in [0.25, 0.3) is 0 Å². The molecule has 0 spiro atoms. The lowest BCUT2D eigenvalue weighted by molar-refractivity contribution is 0.129. The first-order valence-electron chi connectivity index (χ1n) is 6.01. The molecule has 0 aromatic heterocycles. The van der Waals surface area contributed by atoms with Gasteiger partial charge in [0.05, 0.1) is 18.6 Å². The van der Waals surface area contributed by atoms with E-state index in [0.717, 1.165) is 23.8 Å². The molecule has 2 aromatic rings. The number of fused-ring (bicyclic) bond motifs is 1. The number of para-hydroxylation sites is 1. The Morgan fingerprint density at radius 3 is 2.53 bits per heavy atom. The van der Waals surface area contributed by atoms with Crippen molar-refractivity contribution < 1.29 is 18.6 Å². The largest absolute Gasteiger partial charge is 0.493 e. The standard InChI is InChI=1S/C15H12F2O2/c16-10-5-9(6-11(17)7-10)15(18)13-8-19-14-4-2-1-3-12(13)14/h1-7,13,15,18H,8H2. The highest BCUT2D eigenvalue weighted by Crippen LogP contribution is 2.41. The summed E-state index contributed by atoms with van der Waals surface area (Å²) in [7, 11) is 0. The zero-order chi connectivity index (χ0) is 13.4. The van der Waals surface area contributed by atoms with Crippen LogP contribution in [0.1, 0.15) is 23.1 Å². The third kappa shape index (κ3) is 2.19. The highest BCUT2D eigenvalue weighted by molar-refractivity contribution is 5.41. The van der Waals surface area contributed by atoms with E-state index in [9.17, 15) is 13.9 Å². The lowest BCUT2D eigenvalue weighted by Gasteiger charge is -2.17. The van der Waals surface area contributed by atoms with Gasteiger partial charge >= 0.3 is 0 Å². The first kappa shape index (κ1) is 12.1. The topological polar surface area (TPSA) is 29.5 Å². The van der Waals surface area contributed by atoms with Crippen LogP contribution in [0.5, 0.6) is 5.75 Å². The molecule has 2 nitrogen and oxygen atoms in total. The molecule has 1 N–H and O–H groups in total. The Bertz CT molecular complexity index is 593. The SMILES string of the molecule is OC(c1cc(F)cc(F)c1)C1COc2ccccc21. The van der Waals surface area contributed by atoms with Crippen molar-refractivity contribution in [3.05, 3.63) is 65.2 Å². The van der Waals surface area contributed by atoms with E-state index < -0.39 is 17.7 Å². The van der Waals surface area contributed by atoms with Crippen molar-refractivity contribution in [2.75, 3.05) is 6.61 Å². The van der Waals surface area contributed by atoms with Gasteiger partial charge in [0, 0.05) is 11.6 Å². The van der Waals surface area contributed by atoms with Crippen molar-refractivity contribution in [1.29, 1.82) is 0 Å². The monoisotopic (exact) mass is 262 g/mol. The smallest absolute Gasteiger partial charge is 0.126 e. The van der Waals surface area contributed by atoms with Gasteiger partial charge < -0.3 is 9.84 Å². The Morgan fingerprint density at radius 1 is 1.11 bits per heavy atom. The fourth-order valence-electron chi connectivity index (χ4n) is 2.43. The Kier molecular flexibility index (Phi) is 2.95. The average molecular weight is 262 g/mol. The summed E-state index contributed by atoms with van der Waals surface area (Å²) < 4.78 is 31.8. The zero-order valence-electron chi connectivity index (χ0n) is 10.0. The van der Waals surface area contributed by atoms with E-state index in [1.54, 1.807) is 0 Å². The van der Waals surface area contributed by atoms with Crippen LogP contribution in [0.3, 0.4) is 0 Å². The molecule has 0 fully saturated rings. The number of hydrogen-bond acceptors (Lipinski definition) is 2. The highest BCUT2D eigenvalue weighted by Gasteiger charge is 2.31. The van der Waals surface area contributed by atoms with Crippen molar-refractivity contribution in [2.45, 2.75) is 12.0 Å². The highest BCUT2D eigenvalue weighted by atomic mass is 19.1. The van der Waals surface area contributed by atoms with Crippen LogP contribution in [0.2, 0.25) is 0 Å². The van der Waals surface area contributed by atoms with Gasteiger partial charge in [-0.25, -0.2) is 8.78 Å². The Hall–Kier alpha value is -1.94. The maximum Gasteiger partial charge on any atom is 0.126 e. The second-order valence-electron chi connectivity index (χ2n) is 4.60. The predicted molar refractivity (Wildman–Crippen MR) is 66.0 cm³/mol. The van der Waals surface area contributed by atoms with Gasteiger partial charge in [-0.15, -0.1) is 0 Å². The molecule has 1 heterocycles. The van der Waals surface area contributed by atoms with Crippen molar-refractivity contribution in [3.63, 3.8) is 0 Å². The number of ether oxygens (including phenoxy) is 1. The molecular weight excluding hydrogens is 250 g/mol. The summed E-state index contributed by atoms with van der Waals surface area (Å²) in [5, 5.41) is 10.3. The molecule has 2 unspecified atom stereocenters. The first-order valence-corrected chi connectivity index (χ1v) is 6.01. The minimum Gasteiger partial charge on any atom is -0.493 e. The molecule has 4 heteroatoms. The summed E-state index contributed by atoms with van der Waals surface area (Å²) in [4.78, 5) is 0. The normalized spacial score (nSPS) is 18.8. The summed E-state index contributed by atoms with van der Waals surface area (Å²) >= 11 is 0. The van der Waals surface area contributed by atoms with Crippen LogP contribution in [-0.4, -0.2) is 11.7 Å². The van der Waals surface area contributed by atoms with Gasteiger partial charge in [-0.2, -0.15) is 0 Å². The first-order chi connectivity index (χ1) is 9.15. The van der Waals surface area contributed by atoms with E-state index in [1.165, 1.54) is 0 Å². The Balaban J connectivity index is 1.95. The maximum absolute atomic E-state index is 13.2. The van der Waals surface area contributed by atoms with Gasteiger partial charge in [0.1, 0.15) is 17.4 Å². The van der Waals surface area contributed by atoms with Crippen LogP contribution in [0.25, 0.3) is 0 Å². The zero-order valence-corrected chi connectivity index (χ0v) is 10.0. The van der Waals surface area contributed by atoms with Gasteiger partial charge in [0.2, 0.25) is 0 Å². The summed E-state index contributed by atoms with van der Waals surface area (Å²) in [6, 6.07) is 10.4. The summed E-state index contributed by atoms with van der Waals surface area (Å²) in [6.45, 7) is 0.304. The minimum absolute atomic E-state index is 0.225. The van der Waals surface area contributed by atoms with Crippen LogP contribution in [-0.2, 0) is 0 Å². The second-order valence-corrected chi connectivity index (χ2v) is 4.60. The number of hydrogen-bond donors (Lipinski definition) is 1. The molecule has 0 aliphatic carbocycles. The molecule has 1 aliphatic rings. The molecule has 0 radical (unpaired) electrons. The molecular formula is C15H12F2O2. The number of halogens is 2. The third-order valence-corrected chi connectivity index (χ3v) is 3.34. The molecule has 2 atom stereocenters. The van der Waals surface area contributed by atoms with Crippen LogP contribution in [0, 0.1) is 11.6 Å². The van der Waals surface area contributed by atoms with E-state index in [4.69, 9.17) is 4.74 Å². The van der Waals surface area contributed by atoms with Crippen molar-refractivity contribution in [3.8, 4) is 5.75 Å². The quantitative estimate of drug-likeness (QED) is 0.900. The van der Waals surface area contributed by atoms with E-state index in [0.29, 0.717) is 12.4 Å². The molecule has 2 aromatic carbocycles. The maximum atomic E-state index is 13.2. The van der Waals surface area contributed by atoms with Crippen molar-refractivity contribution in [1.82, 2.24) is 0 Å². The molecule has 3 rings (SSSR count). The van der Waals surface area contributed by atoms with E-state index >= 15 is 0 Å². The van der Waals surface area contributed by atoms with E-state index in [1.807, 2.05) is 24.3 Å². The molecule has 19 heavy (non-hydrogen) atoms. The van der Waals surface area contributed by atoms with E-state index in [2.05, 4.69) is 0 Å². The molecule has 0 bridgehead atoms. The Labute approximate surface area is 109 Å². The van der Waals surface area contributed by atoms with Crippen LogP contribution in [0.4, 0.5) is 8.78 Å². The van der Waals surface area contributed by atoms with E-state index in [-0.39, 0.29) is 11.5 Å². The van der Waals surface area contributed by atoms with Gasteiger partial charge in [-0.05, 0) is 23.8 Å². The van der Waals surface area contributed by atoms with Gasteiger partial charge in [-0.3, -0.25) is 0 Å². The molecule has 0 saturated carbocycles. The van der Waals surface area contributed by atoms with Crippen molar-refractivity contribution >= 4 is 0 Å². The number of rotatable bonds is 2. The van der Waals surface area contributed by atoms with Crippen LogP contribution >= 0.6 is 0 Å². The van der Waals surface area contributed by atoms with Crippen molar-refractivity contribution in [2.24, 2.45) is 0 Å². The molecule has 0 amide bonds. The second kappa shape index (κ2) is 4.63. The molecule has 1 aliphatic heterocycles. The average Bonchev–Trinajstić information content (AvgIpc) is 2.80. The Morgan fingerprint density at radius 2 is 1.79 bits per heavy atom. The fraction of sp³-hybridized carbons (Fsp3) is 0.200. The van der Waals surface area contributed by atoms with Crippen LogP contribution in [0.15, 0.2) is 42.5 Å². The summed E-state index contributed by atoms with van der Waals surface area (Å²) in [5.74, 6) is -0.983. The lowest BCUT2D eigenvalue weighted by atomic mass is 9.91. The number of aliphatic hydroxyl groups excluding tert-OH is 1. The number of aliphatic hydroxyl groups is 1. The minimum atomic E-state index is -0.992. The lowest BCUT2D eigenvalue weighted by Crippen LogP contribution is -2.12. The van der Waals surface area contributed by atoms with Gasteiger partial charge in [-0.1, -0.05) is 18.2 Å². The molecule has 0 saturated heterocycles. The van der Waals surface area contributed by atoms with Crippen LogP contribution < -0.4 is 4.74 Å². The predicted octanol–water partition coefficient (Wildman–Crippen LogP) is 3.17.